The summed E-state index contributed by atoms with van der Waals surface area (Å²) in [7, 11) is 0. The minimum Gasteiger partial charge on any atom is -0.368 e. The van der Waals surface area contributed by atoms with Gasteiger partial charge < -0.3 is 4.90 Å². The van der Waals surface area contributed by atoms with E-state index in [1.807, 2.05) is 11.0 Å². The molecule has 0 saturated carbocycles. The van der Waals surface area contributed by atoms with Gasteiger partial charge in [-0.25, -0.2) is 4.39 Å². The summed E-state index contributed by atoms with van der Waals surface area (Å²) >= 11 is 3.39. The van der Waals surface area contributed by atoms with Gasteiger partial charge >= 0.3 is 0 Å². The first kappa shape index (κ1) is 15.0. The van der Waals surface area contributed by atoms with Crippen LogP contribution in [-0.4, -0.2) is 13.1 Å². The van der Waals surface area contributed by atoms with Crippen molar-refractivity contribution in [2.24, 2.45) is 5.92 Å². The topological polar surface area (TPSA) is 27.0 Å². The molecule has 0 aromatic heterocycles. The average Bonchev–Trinajstić information content (AvgIpc) is 2.34. The molecule has 0 aliphatic carbocycles. The van der Waals surface area contributed by atoms with Gasteiger partial charge in [-0.05, 0) is 17.5 Å². The lowest BCUT2D eigenvalue weighted by atomic mass is 10.1. The van der Waals surface area contributed by atoms with Crippen LogP contribution in [0.25, 0.3) is 0 Å². The Morgan fingerprint density at radius 1 is 1.44 bits per heavy atom. The molecule has 0 unspecified atom stereocenters. The first-order valence-corrected chi connectivity index (χ1v) is 7.17. The van der Waals surface area contributed by atoms with Crippen molar-refractivity contribution in [3.05, 3.63) is 29.6 Å². The minimum absolute atomic E-state index is 0.217. The van der Waals surface area contributed by atoms with Gasteiger partial charge in [0, 0.05) is 18.4 Å². The molecule has 0 aliphatic rings. The predicted octanol–water partition coefficient (Wildman–Crippen LogP) is 4.10. The number of hydrogen-bond acceptors (Lipinski definition) is 2. The van der Waals surface area contributed by atoms with Gasteiger partial charge in [-0.1, -0.05) is 41.9 Å². The molecule has 0 radical (unpaired) electrons. The number of hydrogen-bond donors (Lipinski definition) is 0. The number of alkyl halides is 1. The lowest BCUT2D eigenvalue weighted by molar-refractivity contribution is 0.580. The monoisotopic (exact) mass is 312 g/mol. The Hall–Kier alpha value is -1.08. The molecule has 2 nitrogen and oxygen atoms in total. The van der Waals surface area contributed by atoms with Crippen molar-refractivity contribution in [1.82, 2.24) is 0 Å². The number of anilines is 1. The normalized spacial score (nSPS) is 10.4. The molecule has 0 atom stereocenters. The number of rotatable bonds is 6. The van der Waals surface area contributed by atoms with Crippen LogP contribution in [0.5, 0.6) is 0 Å². The van der Waals surface area contributed by atoms with Crippen molar-refractivity contribution in [1.29, 1.82) is 5.26 Å². The molecule has 0 spiro atoms. The maximum atomic E-state index is 14.0. The van der Waals surface area contributed by atoms with Gasteiger partial charge in [0.25, 0.3) is 0 Å². The largest absolute Gasteiger partial charge is 0.368 e. The van der Waals surface area contributed by atoms with Crippen molar-refractivity contribution in [2.45, 2.75) is 25.6 Å². The molecular weight excluding hydrogens is 295 g/mol. The van der Waals surface area contributed by atoms with Crippen LogP contribution >= 0.6 is 15.9 Å². The molecule has 0 fully saturated rings. The zero-order valence-corrected chi connectivity index (χ0v) is 12.4. The number of nitrogens with zero attached hydrogens (tertiary/aromatic N) is 2. The highest BCUT2D eigenvalue weighted by atomic mass is 79.9. The van der Waals surface area contributed by atoms with Gasteiger partial charge in [0.1, 0.15) is 5.82 Å². The number of para-hydroxylation sites is 1. The molecule has 18 heavy (non-hydrogen) atoms. The summed E-state index contributed by atoms with van der Waals surface area (Å²) in [4.78, 5) is 1.97. The molecule has 0 amide bonds. The van der Waals surface area contributed by atoms with Crippen LogP contribution < -0.4 is 4.90 Å². The molecule has 0 heterocycles. The fraction of sp³-hybridized carbons (Fsp3) is 0.500. The highest BCUT2D eigenvalue weighted by Gasteiger charge is 2.16. The summed E-state index contributed by atoms with van der Waals surface area (Å²) in [6.45, 7) is 5.50. The van der Waals surface area contributed by atoms with E-state index in [2.05, 4.69) is 35.8 Å². The van der Waals surface area contributed by atoms with Crippen LogP contribution in [0.4, 0.5) is 10.1 Å². The smallest absolute Gasteiger partial charge is 0.146 e. The zero-order chi connectivity index (χ0) is 13.5. The Morgan fingerprint density at radius 3 is 2.72 bits per heavy atom. The van der Waals surface area contributed by atoms with E-state index in [1.165, 1.54) is 6.07 Å². The van der Waals surface area contributed by atoms with Gasteiger partial charge in [-0.2, -0.15) is 5.26 Å². The first-order valence-electron chi connectivity index (χ1n) is 6.05. The highest BCUT2D eigenvalue weighted by Crippen LogP contribution is 2.27. The Labute approximate surface area is 117 Å². The van der Waals surface area contributed by atoms with E-state index < -0.39 is 0 Å². The van der Waals surface area contributed by atoms with E-state index in [9.17, 15) is 4.39 Å². The summed E-state index contributed by atoms with van der Waals surface area (Å²) in [6, 6.07) is 7.22. The maximum Gasteiger partial charge on any atom is 0.146 e. The summed E-state index contributed by atoms with van der Waals surface area (Å²) in [5, 5.41) is 9.32. The van der Waals surface area contributed by atoms with Gasteiger partial charge in [0.05, 0.1) is 18.2 Å². The third-order valence-electron chi connectivity index (χ3n) is 2.61. The van der Waals surface area contributed by atoms with Crippen molar-refractivity contribution in [2.75, 3.05) is 18.0 Å². The SMILES string of the molecule is CC(C)CN(CCC#N)c1c(F)cccc1CBr. The van der Waals surface area contributed by atoms with E-state index in [0.717, 1.165) is 12.1 Å². The Kier molecular flexibility index (Phi) is 6.14. The van der Waals surface area contributed by atoms with Crippen molar-refractivity contribution in [3.63, 3.8) is 0 Å². The standard InChI is InChI=1S/C14H18BrFN2/c1-11(2)10-18(8-4-7-17)14-12(9-15)5-3-6-13(14)16/h3,5-6,11H,4,8-10H2,1-2H3. The van der Waals surface area contributed by atoms with E-state index in [-0.39, 0.29) is 5.82 Å². The van der Waals surface area contributed by atoms with E-state index in [4.69, 9.17) is 5.26 Å². The molecule has 1 aromatic rings. The summed E-state index contributed by atoms with van der Waals surface area (Å²) in [6.07, 6.45) is 0.406. The molecule has 0 aliphatic heterocycles. The van der Waals surface area contributed by atoms with Crippen LogP contribution in [0.15, 0.2) is 18.2 Å². The third-order valence-corrected chi connectivity index (χ3v) is 3.21. The van der Waals surface area contributed by atoms with E-state index >= 15 is 0 Å². The molecule has 98 valence electrons. The second-order valence-corrected chi connectivity index (χ2v) is 5.19. The molecule has 1 rings (SSSR count). The van der Waals surface area contributed by atoms with Gasteiger partial charge in [-0.3, -0.25) is 0 Å². The second-order valence-electron chi connectivity index (χ2n) is 4.63. The summed E-state index contributed by atoms with van der Waals surface area (Å²) in [5.74, 6) is 0.206. The third kappa shape index (κ3) is 3.99. The summed E-state index contributed by atoms with van der Waals surface area (Å²) < 4.78 is 14.0. The van der Waals surface area contributed by atoms with Crippen LogP contribution in [0, 0.1) is 23.1 Å². The van der Waals surface area contributed by atoms with Crippen molar-refractivity contribution >= 4 is 21.6 Å². The fourth-order valence-electron chi connectivity index (χ4n) is 1.94. The molecular formula is C14H18BrFN2. The lowest BCUT2D eigenvalue weighted by Crippen LogP contribution is -2.30. The zero-order valence-electron chi connectivity index (χ0n) is 10.8. The summed E-state index contributed by atoms with van der Waals surface area (Å²) in [5.41, 5.74) is 1.55. The number of nitriles is 1. The van der Waals surface area contributed by atoms with Crippen LogP contribution in [-0.2, 0) is 5.33 Å². The molecule has 0 N–H and O–H groups in total. The van der Waals surface area contributed by atoms with Gasteiger partial charge in [-0.15, -0.1) is 0 Å². The fourth-order valence-corrected chi connectivity index (χ4v) is 2.39. The Bertz CT molecular complexity index is 426. The minimum atomic E-state index is -0.217. The van der Waals surface area contributed by atoms with Crippen molar-refractivity contribution in [3.8, 4) is 6.07 Å². The number of halogens is 2. The quantitative estimate of drug-likeness (QED) is 0.739. The maximum absolute atomic E-state index is 14.0. The molecule has 0 saturated heterocycles. The molecule has 0 bridgehead atoms. The molecule has 4 heteroatoms. The lowest BCUT2D eigenvalue weighted by Gasteiger charge is -2.28. The van der Waals surface area contributed by atoms with E-state index in [1.54, 1.807) is 6.07 Å². The first-order chi connectivity index (χ1) is 8.60. The second kappa shape index (κ2) is 7.38. The van der Waals surface area contributed by atoms with Crippen LogP contribution in [0.3, 0.4) is 0 Å². The Morgan fingerprint density at radius 2 is 2.17 bits per heavy atom. The predicted molar refractivity (Wildman–Crippen MR) is 76.3 cm³/mol. The molecule has 1 aromatic carbocycles. The van der Waals surface area contributed by atoms with Crippen LogP contribution in [0.2, 0.25) is 0 Å². The van der Waals surface area contributed by atoms with Crippen molar-refractivity contribution < 1.29 is 4.39 Å². The highest BCUT2D eigenvalue weighted by molar-refractivity contribution is 9.08. The van der Waals surface area contributed by atoms with Gasteiger partial charge in [0.15, 0.2) is 0 Å². The van der Waals surface area contributed by atoms with Gasteiger partial charge in [0.2, 0.25) is 0 Å². The Balaban J connectivity index is 3.07. The average molecular weight is 313 g/mol. The van der Waals surface area contributed by atoms with E-state index in [0.29, 0.717) is 29.9 Å². The number of benzene rings is 1. The van der Waals surface area contributed by atoms with Crippen LogP contribution in [0.1, 0.15) is 25.8 Å².